The van der Waals surface area contributed by atoms with Crippen molar-refractivity contribution >= 4 is 0 Å². The van der Waals surface area contributed by atoms with Crippen molar-refractivity contribution in [2.24, 2.45) is 5.92 Å². The van der Waals surface area contributed by atoms with Crippen LogP contribution < -0.4 is 5.32 Å². The number of hydrogen-bond donors (Lipinski definition) is 1. The molecule has 4 nitrogen and oxygen atoms in total. The summed E-state index contributed by atoms with van der Waals surface area (Å²) in [6.45, 7) is 8.19. The Kier molecular flexibility index (Phi) is 5.02. The van der Waals surface area contributed by atoms with Crippen molar-refractivity contribution in [3.05, 3.63) is 23.2 Å². The average Bonchev–Trinajstić information content (AvgIpc) is 2.73. The molecule has 1 aromatic rings. The first-order valence-corrected chi connectivity index (χ1v) is 7.12. The van der Waals surface area contributed by atoms with Crippen LogP contribution in [-0.4, -0.2) is 38.3 Å². The van der Waals surface area contributed by atoms with Gasteiger partial charge in [-0.1, -0.05) is 6.92 Å². The molecule has 0 aliphatic carbocycles. The molecule has 1 saturated heterocycles. The zero-order chi connectivity index (χ0) is 13.8. The molecule has 0 aromatic carbocycles. The van der Waals surface area contributed by atoms with Crippen LogP contribution >= 0.6 is 0 Å². The second-order valence-electron chi connectivity index (χ2n) is 5.60. The van der Waals surface area contributed by atoms with E-state index in [0.717, 1.165) is 37.7 Å². The Morgan fingerprint density at radius 2 is 2.32 bits per heavy atom. The monoisotopic (exact) mass is 266 g/mol. The first kappa shape index (κ1) is 14.6. The van der Waals surface area contributed by atoms with Gasteiger partial charge in [0.15, 0.2) is 0 Å². The van der Waals surface area contributed by atoms with Crippen LogP contribution in [0.3, 0.4) is 0 Å². The molecule has 0 radical (unpaired) electrons. The van der Waals surface area contributed by atoms with Gasteiger partial charge in [0.1, 0.15) is 11.5 Å². The van der Waals surface area contributed by atoms with E-state index in [1.54, 1.807) is 0 Å². The molecular weight excluding hydrogens is 240 g/mol. The standard InChI is InChI=1S/C15H26N2O2/c1-11-5-6-17(10-15(11)18-4)9-14-7-13(8-16-3)12(2)19-14/h7,11,15-16H,5-6,8-10H2,1-4H3. The summed E-state index contributed by atoms with van der Waals surface area (Å²) in [5, 5.41) is 3.17. The van der Waals surface area contributed by atoms with Gasteiger partial charge in [-0.2, -0.15) is 0 Å². The normalized spacial score (nSPS) is 24.8. The Balaban J connectivity index is 1.95. The van der Waals surface area contributed by atoms with Crippen molar-refractivity contribution < 1.29 is 9.15 Å². The number of hydrogen-bond acceptors (Lipinski definition) is 4. The topological polar surface area (TPSA) is 37.6 Å². The van der Waals surface area contributed by atoms with Gasteiger partial charge < -0.3 is 14.5 Å². The van der Waals surface area contributed by atoms with Gasteiger partial charge in [0.05, 0.1) is 12.6 Å². The summed E-state index contributed by atoms with van der Waals surface area (Å²) in [7, 11) is 3.77. The van der Waals surface area contributed by atoms with Crippen LogP contribution in [0.4, 0.5) is 0 Å². The van der Waals surface area contributed by atoms with E-state index in [0.29, 0.717) is 12.0 Å². The van der Waals surface area contributed by atoms with Crippen LogP contribution in [0.5, 0.6) is 0 Å². The predicted octanol–water partition coefficient (Wildman–Crippen LogP) is 2.16. The molecule has 2 rings (SSSR count). The summed E-state index contributed by atoms with van der Waals surface area (Å²) in [6, 6.07) is 2.17. The van der Waals surface area contributed by atoms with Gasteiger partial charge in [0, 0.05) is 25.8 Å². The summed E-state index contributed by atoms with van der Waals surface area (Å²) in [4.78, 5) is 2.43. The summed E-state index contributed by atoms with van der Waals surface area (Å²) < 4.78 is 11.4. The van der Waals surface area contributed by atoms with Crippen LogP contribution in [0.2, 0.25) is 0 Å². The van der Waals surface area contributed by atoms with E-state index < -0.39 is 0 Å². The van der Waals surface area contributed by atoms with E-state index in [9.17, 15) is 0 Å². The first-order chi connectivity index (χ1) is 9.13. The predicted molar refractivity (Wildman–Crippen MR) is 76.1 cm³/mol. The second-order valence-corrected chi connectivity index (χ2v) is 5.60. The third-order valence-electron chi connectivity index (χ3n) is 4.09. The molecule has 0 amide bonds. The number of likely N-dealkylation sites (tertiary alicyclic amines) is 1. The number of furan rings is 1. The fraction of sp³-hybridized carbons (Fsp3) is 0.733. The maximum Gasteiger partial charge on any atom is 0.118 e. The van der Waals surface area contributed by atoms with Gasteiger partial charge in [0.2, 0.25) is 0 Å². The minimum absolute atomic E-state index is 0.349. The zero-order valence-corrected chi connectivity index (χ0v) is 12.5. The lowest BCUT2D eigenvalue weighted by Gasteiger charge is -2.35. The highest BCUT2D eigenvalue weighted by molar-refractivity contribution is 5.20. The van der Waals surface area contributed by atoms with Crippen LogP contribution in [0.15, 0.2) is 10.5 Å². The van der Waals surface area contributed by atoms with E-state index in [4.69, 9.17) is 9.15 Å². The van der Waals surface area contributed by atoms with Crippen LogP contribution in [0.1, 0.15) is 30.4 Å². The van der Waals surface area contributed by atoms with Gasteiger partial charge in [0.25, 0.3) is 0 Å². The van der Waals surface area contributed by atoms with Crippen molar-refractivity contribution in [3.63, 3.8) is 0 Å². The highest BCUT2D eigenvalue weighted by Gasteiger charge is 2.26. The van der Waals surface area contributed by atoms with Gasteiger partial charge in [-0.15, -0.1) is 0 Å². The maximum absolute atomic E-state index is 5.84. The third kappa shape index (κ3) is 3.59. The average molecular weight is 266 g/mol. The fourth-order valence-corrected chi connectivity index (χ4v) is 2.80. The van der Waals surface area contributed by atoms with Crippen LogP contribution in [0, 0.1) is 12.8 Å². The zero-order valence-electron chi connectivity index (χ0n) is 12.5. The molecule has 108 valence electrons. The largest absolute Gasteiger partial charge is 0.465 e. The smallest absolute Gasteiger partial charge is 0.118 e. The minimum atomic E-state index is 0.349. The molecule has 0 saturated carbocycles. The van der Waals surface area contributed by atoms with Crippen molar-refractivity contribution in [2.45, 2.75) is 39.5 Å². The van der Waals surface area contributed by atoms with Crippen LogP contribution in [0.25, 0.3) is 0 Å². The van der Waals surface area contributed by atoms with E-state index in [1.807, 2.05) is 21.1 Å². The summed E-state index contributed by atoms with van der Waals surface area (Å²) in [5.41, 5.74) is 1.26. The molecule has 2 heterocycles. The molecule has 19 heavy (non-hydrogen) atoms. The lowest BCUT2D eigenvalue weighted by atomic mass is 9.96. The van der Waals surface area contributed by atoms with Gasteiger partial charge in [-0.3, -0.25) is 4.90 Å². The van der Waals surface area contributed by atoms with E-state index in [1.165, 1.54) is 12.0 Å². The van der Waals surface area contributed by atoms with E-state index >= 15 is 0 Å². The third-order valence-corrected chi connectivity index (χ3v) is 4.09. The quantitative estimate of drug-likeness (QED) is 0.886. The summed E-state index contributed by atoms with van der Waals surface area (Å²) in [6.07, 6.45) is 1.54. The molecule has 0 spiro atoms. The van der Waals surface area contributed by atoms with Gasteiger partial charge in [-0.05, 0) is 38.9 Å². The summed E-state index contributed by atoms with van der Waals surface area (Å²) in [5.74, 6) is 2.74. The molecule has 1 fully saturated rings. The molecule has 0 bridgehead atoms. The molecule has 1 aliphatic rings. The number of methoxy groups -OCH3 is 1. The molecular formula is C15H26N2O2. The van der Waals surface area contributed by atoms with Crippen molar-refractivity contribution in [1.82, 2.24) is 10.2 Å². The Bertz CT molecular complexity index is 403. The highest BCUT2D eigenvalue weighted by atomic mass is 16.5. The minimum Gasteiger partial charge on any atom is -0.465 e. The lowest BCUT2D eigenvalue weighted by molar-refractivity contribution is -0.00921. The Hall–Kier alpha value is -0.840. The van der Waals surface area contributed by atoms with Gasteiger partial charge >= 0.3 is 0 Å². The van der Waals surface area contributed by atoms with Crippen molar-refractivity contribution in [2.75, 3.05) is 27.2 Å². The Morgan fingerprint density at radius 1 is 1.53 bits per heavy atom. The second kappa shape index (κ2) is 6.55. The summed E-state index contributed by atoms with van der Waals surface area (Å²) >= 11 is 0. The number of nitrogens with zero attached hydrogens (tertiary/aromatic N) is 1. The van der Waals surface area contributed by atoms with Crippen LogP contribution in [-0.2, 0) is 17.8 Å². The van der Waals surface area contributed by atoms with Crippen molar-refractivity contribution in [3.8, 4) is 0 Å². The molecule has 2 unspecified atom stereocenters. The molecule has 1 aliphatic heterocycles. The first-order valence-electron chi connectivity index (χ1n) is 7.12. The molecule has 1 aromatic heterocycles. The number of nitrogens with one attached hydrogen (secondary N) is 1. The fourth-order valence-electron chi connectivity index (χ4n) is 2.80. The number of ether oxygens (including phenoxy) is 1. The van der Waals surface area contributed by atoms with Gasteiger partial charge in [-0.25, -0.2) is 0 Å². The number of rotatable bonds is 5. The highest BCUT2D eigenvalue weighted by Crippen LogP contribution is 2.22. The Labute approximate surface area is 116 Å². The van der Waals surface area contributed by atoms with E-state index in [2.05, 4.69) is 23.2 Å². The SMILES string of the molecule is CNCc1cc(CN2CCC(C)C(OC)C2)oc1C. The number of aryl methyl sites for hydroxylation is 1. The molecule has 1 N–H and O–H groups in total. The molecule has 2 atom stereocenters. The maximum atomic E-state index is 5.84. The molecule has 4 heteroatoms. The van der Waals surface area contributed by atoms with Crippen molar-refractivity contribution in [1.29, 1.82) is 0 Å². The Morgan fingerprint density at radius 3 is 3.00 bits per heavy atom. The van der Waals surface area contributed by atoms with E-state index in [-0.39, 0.29) is 0 Å². The number of piperidine rings is 1. The lowest BCUT2D eigenvalue weighted by Crippen LogP contribution is -2.43.